The topological polar surface area (TPSA) is 35.3 Å². The van der Waals surface area contributed by atoms with Gasteiger partial charge in [0.05, 0.1) is 10.9 Å². The Morgan fingerprint density at radius 1 is 0.950 bits per heavy atom. The molecule has 0 aliphatic heterocycles. The van der Waals surface area contributed by atoms with E-state index in [0.717, 1.165) is 6.07 Å². The fourth-order valence-corrected chi connectivity index (χ4v) is 1.87. The summed E-state index contributed by atoms with van der Waals surface area (Å²) in [6.07, 6.45) is -4.50. The first-order valence-electron chi connectivity index (χ1n) is 5.74. The number of ether oxygens (including phenoxy) is 1. The van der Waals surface area contributed by atoms with E-state index in [1.165, 1.54) is 12.1 Å². The van der Waals surface area contributed by atoms with Gasteiger partial charge in [-0.3, -0.25) is 0 Å². The Balaban J connectivity index is 2.13. The van der Waals surface area contributed by atoms with Crippen LogP contribution < -0.4 is 4.74 Å². The van der Waals surface area contributed by atoms with E-state index in [4.69, 9.17) is 9.26 Å². The number of fused-ring (bicyclic) bond motifs is 1. The normalized spacial score (nSPS) is 11.8. The highest BCUT2D eigenvalue weighted by atomic mass is 19.4. The summed E-state index contributed by atoms with van der Waals surface area (Å²) in [4.78, 5) is 0. The molecule has 0 amide bonds. The lowest BCUT2D eigenvalue weighted by Gasteiger charge is -2.08. The number of alkyl halides is 3. The Labute approximate surface area is 111 Å². The molecule has 2 aromatic carbocycles. The molecule has 0 bridgehead atoms. The van der Waals surface area contributed by atoms with Crippen LogP contribution >= 0.6 is 0 Å². The zero-order valence-electron chi connectivity index (χ0n) is 10.0. The van der Waals surface area contributed by atoms with Gasteiger partial charge >= 0.3 is 12.1 Å². The third-order valence-corrected chi connectivity index (χ3v) is 2.73. The van der Waals surface area contributed by atoms with E-state index in [1.807, 2.05) is 0 Å². The Morgan fingerprint density at radius 3 is 2.40 bits per heavy atom. The number of rotatable bonds is 2. The standard InChI is InChI=1S/C14H8F3NO2/c15-14(16,17)10-7-4-8-11-12(10)13(20-18-11)19-9-5-2-1-3-6-9/h1-8H. The molecule has 1 heterocycles. The second-order valence-corrected chi connectivity index (χ2v) is 4.08. The van der Waals surface area contributed by atoms with Gasteiger partial charge in [-0.1, -0.05) is 29.4 Å². The van der Waals surface area contributed by atoms with Gasteiger partial charge in [-0.2, -0.15) is 13.2 Å². The number of nitrogens with zero attached hydrogens (tertiary/aromatic N) is 1. The second-order valence-electron chi connectivity index (χ2n) is 4.08. The summed E-state index contributed by atoms with van der Waals surface area (Å²) >= 11 is 0. The lowest BCUT2D eigenvalue weighted by Crippen LogP contribution is -2.05. The van der Waals surface area contributed by atoms with Crippen LogP contribution in [0.3, 0.4) is 0 Å². The molecule has 3 nitrogen and oxygen atoms in total. The van der Waals surface area contributed by atoms with Gasteiger partial charge in [-0.15, -0.1) is 0 Å². The van der Waals surface area contributed by atoms with Gasteiger partial charge in [0.25, 0.3) is 0 Å². The Bertz CT molecular complexity index is 735. The highest BCUT2D eigenvalue weighted by Crippen LogP contribution is 2.40. The first-order chi connectivity index (χ1) is 9.55. The van der Waals surface area contributed by atoms with Crippen molar-refractivity contribution in [2.24, 2.45) is 0 Å². The molecule has 3 aromatic rings. The third-order valence-electron chi connectivity index (χ3n) is 2.73. The molecule has 1 aromatic heterocycles. The Hall–Kier alpha value is -2.50. The van der Waals surface area contributed by atoms with Crippen LogP contribution in [0.25, 0.3) is 10.9 Å². The lowest BCUT2D eigenvalue weighted by molar-refractivity contribution is -0.136. The van der Waals surface area contributed by atoms with Gasteiger partial charge in [-0.05, 0) is 24.3 Å². The van der Waals surface area contributed by atoms with Crippen LogP contribution in [-0.2, 0) is 6.18 Å². The minimum Gasteiger partial charge on any atom is -0.424 e. The van der Waals surface area contributed by atoms with Crippen LogP contribution in [0.5, 0.6) is 11.7 Å². The van der Waals surface area contributed by atoms with Crippen molar-refractivity contribution in [2.45, 2.75) is 6.18 Å². The fraction of sp³-hybridized carbons (Fsp3) is 0.0714. The highest BCUT2D eigenvalue weighted by molar-refractivity contribution is 5.87. The molecule has 6 heteroatoms. The molecule has 0 fully saturated rings. The summed E-state index contributed by atoms with van der Waals surface area (Å²) in [7, 11) is 0. The van der Waals surface area contributed by atoms with Crippen molar-refractivity contribution >= 4 is 10.9 Å². The van der Waals surface area contributed by atoms with Gasteiger partial charge in [0, 0.05) is 0 Å². The monoisotopic (exact) mass is 279 g/mol. The van der Waals surface area contributed by atoms with Crippen LogP contribution in [0, 0.1) is 0 Å². The van der Waals surface area contributed by atoms with Crippen molar-refractivity contribution in [1.29, 1.82) is 0 Å². The number of aromatic nitrogens is 1. The molecule has 20 heavy (non-hydrogen) atoms. The largest absolute Gasteiger partial charge is 0.424 e. The summed E-state index contributed by atoms with van der Waals surface area (Å²) < 4.78 is 49.2. The molecule has 0 unspecified atom stereocenters. The van der Waals surface area contributed by atoms with Gasteiger partial charge < -0.3 is 9.26 Å². The van der Waals surface area contributed by atoms with Crippen LogP contribution in [0.1, 0.15) is 5.56 Å². The predicted molar refractivity (Wildman–Crippen MR) is 65.5 cm³/mol. The summed E-state index contributed by atoms with van der Waals surface area (Å²) in [6.45, 7) is 0. The van der Waals surface area contributed by atoms with E-state index in [1.54, 1.807) is 30.3 Å². The van der Waals surface area contributed by atoms with Crippen molar-refractivity contribution in [3.05, 3.63) is 54.1 Å². The minimum atomic E-state index is -4.50. The van der Waals surface area contributed by atoms with E-state index < -0.39 is 11.7 Å². The molecular weight excluding hydrogens is 271 g/mol. The van der Waals surface area contributed by atoms with Gasteiger partial charge in [0.1, 0.15) is 11.3 Å². The molecule has 0 saturated heterocycles. The van der Waals surface area contributed by atoms with Crippen molar-refractivity contribution in [3.63, 3.8) is 0 Å². The van der Waals surface area contributed by atoms with Crippen molar-refractivity contribution < 1.29 is 22.4 Å². The van der Waals surface area contributed by atoms with Gasteiger partial charge in [-0.25, -0.2) is 0 Å². The maximum absolute atomic E-state index is 13.0. The molecule has 0 aliphatic rings. The maximum atomic E-state index is 13.0. The van der Waals surface area contributed by atoms with Crippen LogP contribution in [0.2, 0.25) is 0 Å². The zero-order chi connectivity index (χ0) is 14.2. The quantitative estimate of drug-likeness (QED) is 0.685. The van der Waals surface area contributed by atoms with E-state index in [9.17, 15) is 13.2 Å². The predicted octanol–water partition coefficient (Wildman–Crippen LogP) is 4.64. The summed E-state index contributed by atoms with van der Waals surface area (Å²) in [5, 5.41) is 3.41. The van der Waals surface area contributed by atoms with Crippen LogP contribution in [0.4, 0.5) is 13.2 Å². The number of hydrogen-bond acceptors (Lipinski definition) is 3. The molecule has 102 valence electrons. The average molecular weight is 279 g/mol. The smallest absolute Gasteiger partial charge is 0.417 e. The Morgan fingerprint density at radius 2 is 1.70 bits per heavy atom. The summed E-state index contributed by atoms with van der Waals surface area (Å²) in [5.41, 5.74) is -0.729. The molecule has 0 aliphatic carbocycles. The fourth-order valence-electron chi connectivity index (χ4n) is 1.87. The Kier molecular flexibility index (Phi) is 2.85. The number of halogens is 3. The first-order valence-corrected chi connectivity index (χ1v) is 5.74. The average Bonchev–Trinajstić information content (AvgIpc) is 2.82. The molecule has 0 spiro atoms. The molecule has 3 rings (SSSR count). The van der Waals surface area contributed by atoms with Gasteiger partial charge in [0.15, 0.2) is 0 Å². The summed E-state index contributed by atoms with van der Waals surface area (Å²) in [6, 6.07) is 12.1. The second kappa shape index (κ2) is 4.56. The van der Waals surface area contributed by atoms with Gasteiger partial charge in [0.2, 0.25) is 0 Å². The lowest BCUT2D eigenvalue weighted by atomic mass is 10.1. The van der Waals surface area contributed by atoms with Crippen molar-refractivity contribution in [1.82, 2.24) is 5.16 Å². The van der Waals surface area contributed by atoms with E-state index in [-0.39, 0.29) is 16.8 Å². The minimum absolute atomic E-state index is 0.103. The number of para-hydroxylation sites is 1. The first kappa shape index (κ1) is 12.5. The molecule has 0 atom stereocenters. The number of hydrogen-bond donors (Lipinski definition) is 0. The van der Waals surface area contributed by atoms with E-state index in [0.29, 0.717) is 5.75 Å². The molecular formula is C14H8F3NO2. The maximum Gasteiger partial charge on any atom is 0.417 e. The van der Waals surface area contributed by atoms with Crippen molar-refractivity contribution in [3.8, 4) is 11.7 Å². The summed E-state index contributed by atoms with van der Waals surface area (Å²) in [5.74, 6) is 0.113. The van der Waals surface area contributed by atoms with E-state index in [2.05, 4.69) is 5.16 Å². The molecule has 0 N–H and O–H groups in total. The zero-order valence-corrected chi connectivity index (χ0v) is 10.0. The van der Waals surface area contributed by atoms with Crippen molar-refractivity contribution in [2.75, 3.05) is 0 Å². The number of benzene rings is 2. The van der Waals surface area contributed by atoms with E-state index >= 15 is 0 Å². The third kappa shape index (κ3) is 2.20. The molecule has 0 radical (unpaired) electrons. The highest BCUT2D eigenvalue weighted by Gasteiger charge is 2.35. The molecule has 0 saturated carbocycles. The van der Waals surface area contributed by atoms with Crippen LogP contribution in [-0.4, -0.2) is 5.16 Å². The van der Waals surface area contributed by atoms with Crippen LogP contribution in [0.15, 0.2) is 53.1 Å². The SMILES string of the molecule is FC(F)(F)c1cccc2noc(Oc3ccccc3)c12.